The number of aromatic nitrogens is 2. The molecule has 1 aliphatic rings. The number of aliphatic hydroxyl groups is 1. The van der Waals surface area contributed by atoms with Gasteiger partial charge in [-0.2, -0.15) is 5.10 Å². The van der Waals surface area contributed by atoms with Crippen LogP contribution >= 0.6 is 0 Å². The highest BCUT2D eigenvalue weighted by Crippen LogP contribution is 2.26. The zero-order valence-electron chi connectivity index (χ0n) is 15.2. The highest BCUT2D eigenvalue weighted by atomic mass is 19.1. The fourth-order valence-electron chi connectivity index (χ4n) is 3.56. The molecule has 1 aliphatic heterocycles. The molecule has 7 nitrogen and oxygen atoms in total. The molecule has 0 spiro atoms. The van der Waals surface area contributed by atoms with Gasteiger partial charge in [0.25, 0.3) is 5.91 Å². The van der Waals surface area contributed by atoms with Gasteiger partial charge in [0, 0.05) is 29.2 Å². The van der Waals surface area contributed by atoms with Crippen LogP contribution in [0.15, 0.2) is 42.6 Å². The van der Waals surface area contributed by atoms with Crippen LogP contribution in [0.25, 0.3) is 10.9 Å². The summed E-state index contributed by atoms with van der Waals surface area (Å²) in [6, 6.07) is 7.04. The first-order valence-electron chi connectivity index (χ1n) is 9.11. The highest BCUT2D eigenvalue weighted by Gasteiger charge is 2.37. The lowest BCUT2D eigenvalue weighted by Gasteiger charge is -2.26. The second-order valence-corrected chi connectivity index (χ2v) is 6.92. The first-order chi connectivity index (χ1) is 13.9. The van der Waals surface area contributed by atoms with Gasteiger partial charge >= 0.3 is 0 Å². The number of likely N-dealkylation sites (tertiary alicyclic amines) is 1. The number of nitrogens with zero attached hydrogens (tertiary/aromatic N) is 2. The maximum Gasteiger partial charge on any atom is 0.256 e. The Morgan fingerprint density at radius 1 is 1.24 bits per heavy atom. The van der Waals surface area contributed by atoms with Gasteiger partial charge < -0.3 is 15.3 Å². The van der Waals surface area contributed by atoms with Crippen molar-refractivity contribution in [2.45, 2.75) is 25.0 Å². The smallest absolute Gasteiger partial charge is 0.256 e. The van der Waals surface area contributed by atoms with Crippen LogP contribution in [0.1, 0.15) is 24.5 Å². The van der Waals surface area contributed by atoms with Crippen LogP contribution in [0.5, 0.6) is 0 Å². The summed E-state index contributed by atoms with van der Waals surface area (Å²) in [5.41, 5.74) is 1.05. The Hall–Kier alpha value is -3.33. The lowest BCUT2D eigenvalue weighted by Crippen LogP contribution is -2.45. The second kappa shape index (κ2) is 7.59. The molecule has 2 atom stereocenters. The number of carbonyl (C=O) groups is 2. The third-order valence-corrected chi connectivity index (χ3v) is 5.04. The van der Waals surface area contributed by atoms with Gasteiger partial charge in [0.15, 0.2) is 6.10 Å². The Kier molecular flexibility index (Phi) is 4.98. The van der Waals surface area contributed by atoms with Gasteiger partial charge in [0.05, 0.1) is 11.7 Å². The zero-order valence-corrected chi connectivity index (χ0v) is 15.2. The number of halogens is 2. The fraction of sp³-hybridized carbons (Fsp3) is 0.250. The number of amides is 2. The Balaban J connectivity index is 1.50. The number of H-pyrrole nitrogens is 1. The molecule has 0 saturated carbocycles. The monoisotopic (exact) mass is 400 g/mol. The van der Waals surface area contributed by atoms with E-state index in [9.17, 15) is 23.5 Å². The first kappa shape index (κ1) is 19.0. The number of aromatic amines is 1. The molecule has 1 aromatic heterocycles. The minimum Gasteiger partial charge on any atom is -0.378 e. The van der Waals surface area contributed by atoms with Crippen LogP contribution in [-0.4, -0.2) is 44.6 Å². The number of hydrogen-bond acceptors (Lipinski definition) is 4. The predicted molar refractivity (Wildman–Crippen MR) is 101 cm³/mol. The summed E-state index contributed by atoms with van der Waals surface area (Å²) < 4.78 is 27.0. The van der Waals surface area contributed by atoms with E-state index >= 15 is 0 Å². The van der Waals surface area contributed by atoms with Gasteiger partial charge in [-0.25, -0.2) is 8.78 Å². The van der Waals surface area contributed by atoms with Crippen molar-refractivity contribution in [1.82, 2.24) is 15.1 Å². The second-order valence-electron chi connectivity index (χ2n) is 6.92. The van der Waals surface area contributed by atoms with Crippen molar-refractivity contribution in [3.63, 3.8) is 0 Å². The SMILES string of the molecule is O=C(Nc1ccc2[nH]ncc2c1)[C@@H]1CCCN1C(=O)C(O)c1ccc(F)cc1F. The van der Waals surface area contributed by atoms with Crippen LogP contribution in [0.3, 0.4) is 0 Å². The molecule has 29 heavy (non-hydrogen) atoms. The van der Waals surface area contributed by atoms with Crippen LogP contribution in [0.2, 0.25) is 0 Å². The fourth-order valence-corrected chi connectivity index (χ4v) is 3.56. The molecule has 1 unspecified atom stereocenters. The molecule has 1 fully saturated rings. The van der Waals surface area contributed by atoms with Crippen LogP contribution in [0.4, 0.5) is 14.5 Å². The third-order valence-electron chi connectivity index (χ3n) is 5.04. The van der Waals surface area contributed by atoms with Gasteiger partial charge in [0.1, 0.15) is 17.7 Å². The predicted octanol–water partition coefficient (Wildman–Crippen LogP) is 2.50. The maximum atomic E-state index is 13.9. The van der Waals surface area contributed by atoms with Gasteiger partial charge in [-0.1, -0.05) is 6.07 Å². The molecule has 9 heteroatoms. The van der Waals surface area contributed by atoms with E-state index in [1.54, 1.807) is 24.4 Å². The van der Waals surface area contributed by atoms with E-state index < -0.39 is 35.6 Å². The van der Waals surface area contributed by atoms with Crippen LogP contribution in [-0.2, 0) is 9.59 Å². The van der Waals surface area contributed by atoms with Gasteiger partial charge in [-0.15, -0.1) is 0 Å². The Morgan fingerprint density at radius 3 is 2.86 bits per heavy atom. The molecular formula is C20H18F2N4O3. The maximum absolute atomic E-state index is 13.9. The van der Waals surface area contributed by atoms with E-state index in [1.165, 1.54) is 4.90 Å². The molecule has 0 bridgehead atoms. The summed E-state index contributed by atoms with van der Waals surface area (Å²) in [6.07, 6.45) is 0.809. The molecule has 4 rings (SSSR count). The normalized spacial score (nSPS) is 17.5. The van der Waals surface area contributed by atoms with Crippen molar-refractivity contribution in [3.8, 4) is 0 Å². The van der Waals surface area contributed by atoms with Crippen molar-refractivity contribution < 1.29 is 23.5 Å². The molecule has 1 saturated heterocycles. The summed E-state index contributed by atoms with van der Waals surface area (Å²) in [5, 5.41) is 20.6. The minimum atomic E-state index is -1.81. The standard InChI is InChI=1S/C20H18F2N4O3/c21-12-3-5-14(15(22)9-12)18(27)20(29)26-7-1-2-17(26)19(28)24-13-4-6-16-11(8-13)10-23-25-16/h3-6,8-10,17-18,27H,1-2,7H2,(H,23,25)(H,24,28)/t17-,18?/m0/s1. The third kappa shape index (κ3) is 3.68. The van der Waals surface area contributed by atoms with Crippen molar-refractivity contribution in [3.05, 3.63) is 59.8 Å². The van der Waals surface area contributed by atoms with E-state index in [0.29, 0.717) is 24.6 Å². The Labute approximate surface area is 164 Å². The summed E-state index contributed by atoms with van der Waals surface area (Å²) >= 11 is 0. The number of hydrogen-bond donors (Lipinski definition) is 3. The quantitative estimate of drug-likeness (QED) is 0.627. The number of anilines is 1. The van der Waals surface area contributed by atoms with E-state index in [-0.39, 0.29) is 12.1 Å². The number of carbonyl (C=O) groups excluding carboxylic acids is 2. The van der Waals surface area contributed by atoms with Gasteiger partial charge in [-0.05, 0) is 37.1 Å². The molecular weight excluding hydrogens is 382 g/mol. The lowest BCUT2D eigenvalue weighted by molar-refractivity contribution is -0.144. The van der Waals surface area contributed by atoms with Gasteiger partial charge in [-0.3, -0.25) is 14.7 Å². The molecule has 0 aliphatic carbocycles. The molecule has 2 amide bonds. The number of benzene rings is 2. The lowest BCUT2D eigenvalue weighted by atomic mass is 10.1. The highest BCUT2D eigenvalue weighted by molar-refractivity contribution is 5.99. The van der Waals surface area contributed by atoms with E-state index in [2.05, 4.69) is 15.5 Å². The minimum absolute atomic E-state index is 0.261. The number of rotatable bonds is 4. The van der Waals surface area contributed by atoms with Crippen molar-refractivity contribution in [2.75, 3.05) is 11.9 Å². The van der Waals surface area contributed by atoms with Crippen molar-refractivity contribution in [1.29, 1.82) is 0 Å². The van der Waals surface area contributed by atoms with E-state index in [0.717, 1.165) is 23.0 Å². The van der Waals surface area contributed by atoms with Crippen LogP contribution in [0, 0.1) is 11.6 Å². The number of fused-ring (bicyclic) bond motifs is 1. The number of aliphatic hydroxyl groups excluding tert-OH is 1. The summed E-state index contributed by atoms with van der Waals surface area (Å²) in [6.45, 7) is 0.261. The summed E-state index contributed by atoms with van der Waals surface area (Å²) in [5.74, 6) is -3.01. The zero-order chi connectivity index (χ0) is 20.5. The van der Waals surface area contributed by atoms with Crippen LogP contribution < -0.4 is 5.32 Å². The first-order valence-corrected chi connectivity index (χ1v) is 9.11. The largest absolute Gasteiger partial charge is 0.378 e. The van der Waals surface area contributed by atoms with Crippen molar-refractivity contribution in [2.24, 2.45) is 0 Å². The summed E-state index contributed by atoms with van der Waals surface area (Å²) in [7, 11) is 0. The topological polar surface area (TPSA) is 98.3 Å². The Morgan fingerprint density at radius 2 is 2.07 bits per heavy atom. The molecule has 150 valence electrons. The molecule has 2 heterocycles. The van der Waals surface area contributed by atoms with E-state index in [4.69, 9.17) is 0 Å². The van der Waals surface area contributed by atoms with Gasteiger partial charge in [0.2, 0.25) is 5.91 Å². The molecule has 3 aromatic rings. The average molecular weight is 400 g/mol. The average Bonchev–Trinajstić information content (AvgIpc) is 3.36. The summed E-state index contributed by atoms with van der Waals surface area (Å²) in [4.78, 5) is 26.7. The number of nitrogens with one attached hydrogen (secondary N) is 2. The van der Waals surface area contributed by atoms with Crippen molar-refractivity contribution >= 4 is 28.4 Å². The molecule has 0 radical (unpaired) electrons. The Bertz CT molecular complexity index is 1080. The van der Waals surface area contributed by atoms with E-state index in [1.807, 2.05) is 0 Å². The molecule has 2 aromatic carbocycles. The molecule has 3 N–H and O–H groups in total.